The van der Waals surface area contributed by atoms with E-state index in [0.717, 1.165) is 52.5 Å². The highest BCUT2D eigenvalue weighted by Crippen LogP contribution is 2.08. The summed E-state index contributed by atoms with van der Waals surface area (Å²) in [5, 5.41) is 9.78. The smallest absolute Gasteiger partial charge is 0.0718 e. The van der Waals surface area contributed by atoms with Crippen LogP contribution in [0, 0.1) is 0 Å². The second-order valence-electron chi connectivity index (χ2n) is 5.90. The van der Waals surface area contributed by atoms with E-state index < -0.39 is 5.60 Å². The molecule has 1 fully saturated rings. The average Bonchev–Trinajstić information content (AvgIpc) is 2.29. The zero-order valence-corrected chi connectivity index (χ0v) is 12.3. The lowest BCUT2D eigenvalue weighted by Gasteiger charge is -2.37. The number of β-amino-alcohol motifs (C(OH)–C–C–N with tert-alkyl or cyclic N) is 1. The topological polar surface area (TPSA) is 35.9 Å². The molecule has 4 nitrogen and oxygen atoms in total. The lowest BCUT2D eigenvalue weighted by atomic mass is 10.1. The summed E-state index contributed by atoms with van der Waals surface area (Å²) in [6.45, 7) is 13.8. The van der Waals surface area contributed by atoms with E-state index >= 15 is 0 Å². The van der Waals surface area contributed by atoms with Crippen LogP contribution in [0.3, 0.4) is 0 Å². The van der Waals surface area contributed by atoms with Gasteiger partial charge in [-0.3, -0.25) is 9.80 Å². The minimum atomic E-state index is -0.578. The van der Waals surface area contributed by atoms with Crippen molar-refractivity contribution in [3.05, 3.63) is 0 Å². The molecule has 4 heteroatoms. The molecule has 0 saturated carbocycles. The molecule has 0 atom stereocenters. The van der Waals surface area contributed by atoms with Crippen LogP contribution in [0.4, 0.5) is 0 Å². The fraction of sp³-hybridized carbons (Fsp3) is 1.00. The van der Waals surface area contributed by atoms with Crippen LogP contribution in [-0.2, 0) is 4.74 Å². The van der Waals surface area contributed by atoms with Crippen LogP contribution < -0.4 is 0 Å². The Hall–Kier alpha value is -0.160. The third kappa shape index (κ3) is 7.31. The van der Waals surface area contributed by atoms with E-state index in [1.54, 1.807) is 0 Å². The molecule has 1 rings (SSSR count). The molecular formula is C14H30N2O2. The first-order valence-corrected chi connectivity index (χ1v) is 7.26. The molecule has 0 aliphatic carbocycles. The zero-order valence-electron chi connectivity index (χ0n) is 12.3. The van der Waals surface area contributed by atoms with E-state index in [1.807, 2.05) is 13.8 Å². The summed E-state index contributed by atoms with van der Waals surface area (Å²) in [7, 11) is 0. The van der Waals surface area contributed by atoms with Gasteiger partial charge in [0.1, 0.15) is 0 Å². The molecule has 0 spiro atoms. The van der Waals surface area contributed by atoms with Crippen LogP contribution in [0.1, 0.15) is 33.6 Å². The normalized spacial score (nSPS) is 19.3. The molecule has 18 heavy (non-hydrogen) atoms. The van der Waals surface area contributed by atoms with Crippen LogP contribution >= 0.6 is 0 Å². The summed E-state index contributed by atoms with van der Waals surface area (Å²) < 4.78 is 5.59. The van der Waals surface area contributed by atoms with E-state index in [1.165, 1.54) is 12.8 Å². The molecule has 0 aromatic heterocycles. The minimum Gasteiger partial charge on any atom is -0.389 e. The highest BCUT2D eigenvalue weighted by Gasteiger charge is 2.22. The fourth-order valence-electron chi connectivity index (χ4n) is 2.26. The van der Waals surface area contributed by atoms with Gasteiger partial charge in [0, 0.05) is 45.9 Å². The summed E-state index contributed by atoms with van der Waals surface area (Å²) in [5.74, 6) is 0. The first-order valence-electron chi connectivity index (χ1n) is 7.26. The van der Waals surface area contributed by atoms with Crippen LogP contribution in [0.25, 0.3) is 0 Å². The molecule has 0 bridgehead atoms. The van der Waals surface area contributed by atoms with Crippen molar-refractivity contribution in [2.24, 2.45) is 0 Å². The van der Waals surface area contributed by atoms with Gasteiger partial charge in [-0.15, -0.1) is 0 Å². The Balaban J connectivity index is 2.05. The van der Waals surface area contributed by atoms with Gasteiger partial charge in [-0.1, -0.05) is 13.3 Å². The molecule has 1 saturated heterocycles. The SMILES string of the molecule is CCCCOCCN1CCN(CC(C)(C)O)CC1. The van der Waals surface area contributed by atoms with Gasteiger partial charge in [0.15, 0.2) is 0 Å². The van der Waals surface area contributed by atoms with Gasteiger partial charge < -0.3 is 9.84 Å². The Labute approximate surface area is 112 Å². The van der Waals surface area contributed by atoms with E-state index in [4.69, 9.17) is 4.74 Å². The van der Waals surface area contributed by atoms with Crippen LogP contribution in [0.2, 0.25) is 0 Å². The van der Waals surface area contributed by atoms with E-state index in [0.29, 0.717) is 0 Å². The van der Waals surface area contributed by atoms with Gasteiger partial charge in [0.25, 0.3) is 0 Å². The second-order valence-corrected chi connectivity index (χ2v) is 5.90. The molecule has 1 N–H and O–H groups in total. The van der Waals surface area contributed by atoms with E-state index in [9.17, 15) is 5.11 Å². The Bertz CT molecular complexity index is 208. The minimum absolute atomic E-state index is 0.578. The maximum Gasteiger partial charge on any atom is 0.0718 e. The number of ether oxygens (including phenoxy) is 1. The van der Waals surface area contributed by atoms with Gasteiger partial charge in [0.2, 0.25) is 0 Å². The molecule has 1 heterocycles. The lowest BCUT2D eigenvalue weighted by Crippen LogP contribution is -2.51. The Kier molecular flexibility index (Phi) is 7.15. The van der Waals surface area contributed by atoms with Gasteiger partial charge >= 0.3 is 0 Å². The van der Waals surface area contributed by atoms with E-state index in [2.05, 4.69) is 16.7 Å². The predicted octanol–water partition coefficient (Wildman–Crippen LogP) is 1.19. The maximum absolute atomic E-state index is 9.78. The highest BCUT2D eigenvalue weighted by molar-refractivity contribution is 4.77. The Morgan fingerprint density at radius 2 is 1.67 bits per heavy atom. The third-order valence-corrected chi connectivity index (χ3v) is 3.27. The van der Waals surface area contributed by atoms with E-state index in [-0.39, 0.29) is 0 Å². The van der Waals surface area contributed by atoms with Crippen molar-refractivity contribution in [2.75, 3.05) is 52.5 Å². The number of aliphatic hydroxyl groups is 1. The molecule has 0 aromatic rings. The van der Waals surface area contributed by atoms with Crippen molar-refractivity contribution in [2.45, 2.75) is 39.2 Å². The molecule has 0 radical (unpaired) electrons. The van der Waals surface area contributed by atoms with Crippen molar-refractivity contribution >= 4 is 0 Å². The highest BCUT2D eigenvalue weighted by atomic mass is 16.5. The largest absolute Gasteiger partial charge is 0.389 e. The Morgan fingerprint density at radius 1 is 1.06 bits per heavy atom. The molecular weight excluding hydrogens is 228 g/mol. The van der Waals surface area contributed by atoms with Crippen molar-refractivity contribution in [1.82, 2.24) is 9.80 Å². The monoisotopic (exact) mass is 258 g/mol. The van der Waals surface area contributed by atoms with Crippen molar-refractivity contribution in [3.8, 4) is 0 Å². The third-order valence-electron chi connectivity index (χ3n) is 3.27. The predicted molar refractivity (Wildman–Crippen MR) is 74.9 cm³/mol. The second kappa shape index (κ2) is 8.10. The van der Waals surface area contributed by atoms with Crippen molar-refractivity contribution in [1.29, 1.82) is 0 Å². The van der Waals surface area contributed by atoms with Gasteiger partial charge in [-0.05, 0) is 20.3 Å². The first-order chi connectivity index (χ1) is 8.51. The molecule has 1 aliphatic heterocycles. The van der Waals surface area contributed by atoms with Crippen LogP contribution in [-0.4, -0.2) is 73.0 Å². The average molecular weight is 258 g/mol. The number of piperazine rings is 1. The Morgan fingerprint density at radius 3 is 2.22 bits per heavy atom. The zero-order chi connectivity index (χ0) is 13.4. The summed E-state index contributed by atoms with van der Waals surface area (Å²) in [4.78, 5) is 4.79. The summed E-state index contributed by atoms with van der Waals surface area (Å²) in [5.41, 5.74) is -0.578. The number of rotatable bonds is 8. The number of hydrogen-bond acceptors (Lipinski definition) is 4. The van der Waals surface area contributed by atoms with Crippen LogP contribution in [0.15, 0.2) is 0 Å². The van der Waals surface area contributed by atoms with Crippen molar-refractivity contribution < 1.29 is 9.84 Å². The van der Waals surface area contributed by atoms with Crippen molar-refractivity contribution in [3.63, 3.8) is 0 Å². The summed E-state index contributed by atoms with van der Waals surface area (Å²) in [6, 6.07) is 0. The molecule has 0 aromatic carbocycles. The lowest BCUT2D eigenvalue weighted by molar-refractivity contribution is 0.0125. The standard InChI is InChI=1S/C14H30N2O2/c1-4-5-11-18-12-10-15-6-8-16(9-7-15)13-14(2,3)17/h17H,4-13H2,1-3H3. The summed E-state index contributed by atoms with van der Waals surface area (Å²) in [6.07, 6.45) is 2.37. The van der Waals surface area contributed by atoms with Gasteiger partial charge in [-0.25, -0.2) is 0 Å². The number of unbranched alkanes of at least 4 members (excludes halogenated alkanes) is 1. The van der Waals surface area contributed by atoms with Gasteiger partial charge in [-0.2, -0.15) is 0 Å². The molecule has 0 unspecified atom stereocenters. The number of nitrogens with zero attached hydrogens (tertiary/aromatic N) is 2. The molecule has 1 aliphatic rings. The van der Waals surface area contributed by atoms with Gasteiger partial charge in [0.05, 0.1) is 12.2 Å². The number of hydrogen-bond donors (Lipinski definition) is 1. The fourth-order valence-corrected chi connectivity index (χ4v) is 2.26. The first kappa shape index (κ1) is 15.9. The van der Waals surface area contributed by atoms with Crippen LogP contribution in [0.5, 0.6) is 0 Å². The quantitative estimate of drug-likeness (QED) is 0.664. The molecule has 108 valence electrons. The summed E-state index contributed by atoms with van der Waals surface area (Å²) >= 11 is 0. The molecule has 0 amide bonds. The maximum atomic E-state index is 9.78.